The molecule has 5 atom stereocenters. The van der Waals surface area contributed by atoms with E-state index >= 15 is 0 Å². The van der Waals surface area contributed by atoms with Crippen LogP contribution < -0.4 is 37.6 Å². The van der Waals surface area contributed by atoms with Crippen LogP contribution in [0.2, 0.25) is 0 Å². The molecule has 0 unspecified atom stereocenters. The summed E-state index contributed by atoms with van der Waals surface area (Å²) in [5.41, 5.74) is 5.18. The zero-order valence-electron chi connectivity index (χ0n) is 23.8. The number of amides is 7. The Kier molecular flexibility index (Phi) is 17.2. The molecule has 0 radical (unpaired) electrons. The van der Waals surface area contributed by atoms with E-state index in [1.54, 1.807) is 6.26 Å². The molecular weight excluding hydrogens is 546 g/mol. The summed E-state index contributed by atoms with van der Waals surface area (Å²) >= 11 is 1.42. The molecule has 0 saturated carbocycles. The highest BCUT2D eigenvalue weighted by Crippen LogP contribution is 2.06. The number of carbonyl (C=O) groups excluding carboxylic acids is 7. The number of thioether (sulfide) groups is 1. The fraction of sp³-hybridized carbons (Fsp3) is 0.708. The summed E-state index contributed by atoms with van der Waals surface area (Å²) < 4.78 is 0. The van der Waals surface area contributed by atoms with E-state index < -0.39 is 84.7 Å². The predicted octanol–water partition coefficient (Wildman–Crippen LogP) is -3.14. The maximum Gasteiger partial charge on any atom is 0.245 e. The van der Waals surface area contributed by atoms with Crippen LogP contribution in [-0.4, -0.2) is 102 Å². The number of hydrogen-bond acceptors (Lipinski definition) is 9. The summed E-state index contributed by atoms with van der Waals surface area (Å²) in [5.74, 6) is -4.16. The summed E-state index contributed by atoms with van der Waals surface area (Å²) in [6, 6.07) is -5.28. The summed E-state index contributed by atoms with van der Waals surface area (Å²) in [4.78, 5) is 85.2. The Morgan fingerprint density at radius 2 is 1.32 bits per heavy atom. The Hall–Kier alpha value is -3.40. The maximum absolute atomic E-state index is 12.7. The molecule has 0 bridgehead atoms. The van der Waals surface area contributed by atoms with Crippen molar-refractivity contribution in [2.24, 2.45) is 11.7 Å². The van der Waals surface area contributed by atoms with Gasteiger partial charge in [0.05, 0.1) is 13.2 Å². The van der Waals surface area contributed by atoms with E-state index in [1.165, 1.54) is 32.5 Å². The van der Waals surface area contributed by atoms with Gasteiger partial charge in [-0.2, -0.15) is 11.8 Å². The molecule has 0 rings (SSSR count). The lowest BCUT2D eigenvalue weighted by Crippen LogP contribution is -2.57. The minimum atomic E-state index is -1.25. The van der Waals surface area contributed by atoms with Crippen LogP contribution in [0.4, 0.5) is 0 Å². The lowest BCUT2D eigenvalue weighted by atomic mass is 10.0. The largest absolute Gasteiger partial charge is 0.394 e. The monoisotopic (exact) mass is 589 g/mol. The van der Waals surface area contributed by atoms with Crippen LogP contribution in [0.25, 0.3) is 0 Å². The molecule has 7 amide bonds. The van der Waals surface area contributed by atoms with Gasteiger partial charge in [-0.1, -0.05) is 13.8 Å². The second-order valence-corrected chi connectivity index (χ2v) is 10.6. The van der Waals surface area contributed by atoms with E-state index in [4.69, 9.17) is 5.73 Å². The Labute approximate surface area is 238 Å². The average molecular weight is 590 g/mol. The van der Waals surface area contributed by atoms with Gasteiger partial charge in [-0.25, -0.2) is 0 Å². The van der Waals surface area contributed by atoms with E-state index in [-0.39, 0.29) is 18.8 Å². The summed E-state index contributed by atoms with van der Waals surface area (Å²) in [5, 5.41) is 23.9. The maximum atomic E-state index is 12.7. The van der Waals surface area contributed by atoms with Crippen molar-refractivity contribution < 1.29 is 38.7 Å². The Bertz CT molecular complexity index is 918. The molecule has 0 heterocycles. The molecule has 40 heavy (non-hydrogen) atoms. The molecule has 0 fully saturated rings. The lowest BCUT2D eigenvalue weighted by molar-refractivity contribution is -0.134. The number of rotatable bonds is 18. The van der Waals surface area contributed by atoms with Crippen LogP contribution in [0.15, 0.2) is 0 Å². The first-order chi connectivity index (χ1) is 18.6. The minimum Gasteiger partial charge on any atom is -0.394 e. The van der Waals surface area contributed by atoms with Gasteiger partial charge in [0.25, 0.3) is 0 Å². The summed E-state index contributed by atoms with van der Waals surface area (Å²) in [7, 11) is 0. The highest BCUT2D eigenvalue weighted by Gasteiger charge is 2.28. The SMILES string of the molecule is CSCC[C@H](NC(=O)[C@H](CO)NC(C)=O)C(=O)NCC(=O)N[C@@H](C)C(=O)N[C@@H](CC(C)C)C(=O)N[C@@H](C)C(N)=O. The van der Waals surface area contributed by atoms with Crippen LogP contribution in [0.5, 0.6) is 0 Å². The Balaban J connectivity index is 5.09. The second kappa shape index (κ2) is 18.8. The van der Waals surface area contributed by atoms with Crippen molar-refractivity contribution >= 4 is 53.1 Å². The van der Waals surface area contributed by atoms with E-state index in [0.29, 0.717) is 5.75 Å². The molecule has 15 nitrogen and oxygen atoms in total. The van der Waals surface area contributed by atoms with Gasteiger partial charge in [-0.15, -0.1) is 0 Å². The zero-order valence-corrected chi connectivity index (χ0v) is 24.6. The molecule has 0 spiro atoms. The van der Waals surface area contributed by atoms with Crippen LogP contribution >= 0.6 is 11.8 Å². The molecule has 228 valence electrons. The van der Waals surface area contributed by atoms with Crippen molar-refractivity contribution in [1.82, 2.24) is 31.9 Å². The molecular formula is C24H43N7O8S. The van der Waals surface area contributed by atoms with E-state index in [2.05, 4.69) is 31.9 Å². The second-order valence-electron chi connectivity index (χ2n) is 9.61. The van der Waals surface area contributed by atoms with Crippen molar-refractivity contribution in [3.63, 3.8) is 0 Å². The first-order valence-corrected chi connectivity index (χ1v) is 14.2. The molecule has 0 aromatic carbocycles. The Morgan fingerprint density at radius 3 is 1.82 bits per heavy atom. The number of nitrogens with one attached hydrogen (secondary N) is 6. The van der Waals surface area contributed by atoms with Crippen LogP contribution in [0.3, 0.4) is 0 Å². The van der Waals surface area contributed by atoms with Crippen molar-refractivity contribution in [3.8, 4) is 0 Å². The van der Waals surface area contributed by atoms with Crippen LogP contribution in [-0.2, 0) is 33.6 Å². The van der Waals surface area contributed by atoms with Gasteiger partial charge in [-0.3, -0.25) is 33.6 Å². The summed E-state index contributed by atoms with van der Waals surface area (Å²) in [6.45, 7) is 6.49. The smallest absolute Gasteiger partial charge is 0.245 e. The molecule has 0 aliphatic heterocycles. The first-order valence-electron chi connectivity index (χ1n) is 12.8. The standard InChI is InChI=1S/C24H43N7O8S/c1-12(2)9-17(23(38)28-13(3)20(25)35)31-21(36)14(4)27-19(34)10-26-22(37)16(7-8-40-6)30-24(39)18(11-32)29-15(5)33/h12-14,16-18,32H,7-11H2,1-6H3,(H2,25,35)(H,26,37)(H,27,34)(H,28,38)(H,29,33)(H,30,39)(H,31,36)/t13-,14-,16-,17-,18-/m0/s1. The molecule has 9 N–H and O–H groups in total. The lowest BCUT2D eigenvalue weighted by Gasteiger charge is -2.24. The number of aliphatic hydroxyl groups excluding tert-OH is 1. The van der Waals surface area contributed by atoms with Gasteiger partial charge in [0.2, 0.25) is 41.4 Å². The summed E-state index contributed by atoms with van der Waals surface area (Å²) in [6.07, 6.45) is 2.28. The number of nitrogens with two attached hydrogens (primary N) is 1. The van der Waals surface area contributed by atoms with Gasteiger partial charge in [-0.05, 0) is 44.6 Å². The minimum absolute atomic E-state index is 0.0190. The third-order valence-corrected chi connectivity index (χ3v) is 6.08. The number of aliphatic hydroxyl groups is 1. The number of hydrogen-bond donors (Lipinski definition) is 8. The number of carbonyl (C=O) groups is 7. The van der Waals surface area contributed by atoms with Crippen LogP contribution in [0, 0.1) is 5.92 Å². The molecule has 0 saturated heterocycles. The normalized spacial score (nSPS) is 14.5. The topological polar surface area (TPSA) is 238 Å². The highest BCUT2D eigenvalue weighted by molar-refractivity contribution is 7.98. The Morgan fingerprint density at radius 1 is 0.750 bits per heavy atom. The van der Waals surface area contributed by atoms with Crippen LogP contribution in [0.1, 0.15) is 47.5 Å². The van der Waals surface area contributed by atoms with Crippen molar-refractivity contribution in [2.45, 2.75) is 77.7 Å². The third-order valence-electron chi connectivity index (χ3n) is 5.44. The fourth-order valence-electron chi connectivity index (χ4n) is 3.25. The van der Waals surface area contributed by atoms with Gasteiger partial charge in [0.15, 0.2) is 0 Å². The quantitative estimate of drug-likeness (QED) is 0.0805. The average Bonchev–Trinajstić information content (AvgIpc) is 2.86. The molecule has 16 heteroatoms. The first kappa shape index (κ1) is 36.6. The van der Waals surface area contributed by atoms with Gasteiger partial charge < -0.3 is 42.7 Å². The molecule has 0 aliphatic carbocycles. The van der Waals surface area contributed by atoms with Crippen molar-refractivity contribution in [3.05, 3.63) is 0 Å². The number of primary amides is 1. The zero-order chi connectivity index (χ0) is 31.0. The van der Waals surface area contributed by atoms with Gasteiger partial charge >= 0.3 is 0 Å². The molecule has 0 aromatic rings. The third kappa shape index (κ3) is 14.7. The van der Waals surface area contributed by atoms with E-state index in [1.807, 2.05) is 13.8 Å². The van der Waals surface area contributed by atoms with E-state index in [9.17, 15) is 38.7 Å². The van der Waals surface area contributed by atoms with E-state index in [0.717, 1.165) is 0 Å². The fourth-order valence-corrected chi connectivity index (χ4v) is 3.72. The van der Waals surface area contributed by atoms with Crippen molar-refractivity contribution in [1.29, 1.82) is 0 Å². The molecule has 0 aliphatic rings. The van der Waals surface area contributed by atoms with Gasteiger partial charge in [0, 0.05) is 6.92 Å². The predicted molar refractivity (Wildman–Crippen MR) is 148 cm³/mol. The highest BCUT2D eigenvalue weighted by atomic mass is 32.2. The molecule has 0 aromatic heterocycles. The van der Waals surface area contributed by atoms with Crippen molar-refractivity contribution in [2.75, 3.05) is 25.2 Å². The van der Waals surface area contributed by atoms with Gasteiger partial charge in [0.1, 0.15) is 30.2 Å².